The summed E-state index contributed by atoms with van der Waals surface area (Å²) in [6.45, 7) is 4.53. The van der Waals surface area contributed by atoms with E-state index in [9.17, 15) is 0 Å². The normalized spacial score (nSPS) is 44.7. The van der Waals surface area contributed by atoms with Crippen LogP contribution in [0.1, 0.15) is 33.1 Å². The molecule has 0 aromatic carbocycles. The maximum Gasteiger partial charge on any atom is 0.0517 e. The summed E-state index contributed by atoms with van der Waals surface area (Å²) in [6, 6.07) is 0. The maximum atomic E-state index is 6.61. The van der Waals surface area contributed by atoms with Gasteiger partial charge in [0.05, 0.1) is 4.87 Å². The van der Waals surface area contributed by atoms with Gasteiger partial charge in [-0.1, -0.05) is 26.0 Å². The Labute approximate surface area is 80.0 Å². The van der Waals surface area contributed by atoms with Gasteiger partial charge in [-0.15, -0.1) is 11.6 Å². The van der Waals surface area contributed by atoms with E-state index in [1.807, 2.05) is 0 Å². The Kier molecular flexibility index (Phi) is 1.99. The molecule has 12 heavy (non-hydrogen) atoms. The van der Waals surface area contributed by atoms with Crippen LogP contribution in [0.2, 0.25) is 0 Å². The van der Waals surface area contributed by atoms with Gasteiger partial charge in [0, 0.05) is 0 Å². The number of allylic oxidation sites excluding steroid dienone is 2. The molecule has 0 amide bonds. The number of rotatable bonds is 2. The molecule has 1 heteroatoms. The van der Waals surface area contributed by atoms with E-state index in [2.05, 4.69) is 26.0 Å². The van der Waals surface area contributed by atoms with Gasteiger partial charge in [0.15, 0.2) is 0 Å². The third-order valence-electron chi connectivity index (χ3n) is 3.19. The standard InChI is InChI=1S/C11H17Cl/c1-8(2)6-11(12)7-9-3-4-10(11)5-9/h3-4,8-10H,5-7H2,1-2H3. The molecule has 0 radical (unpaired) electrons. The van der Waals surface area contributed by atoms with E-state index in [-0.39, 0.29) is 4.87 Å². The number of alkyl halides is 1. The average Bonchev–Trinajstić information content (AvgIpc) is 2.42. The largest absolute Gasteiger partial charge is 0.119 e. The number of hydrogen-bond acceptors (Lipinski definition) is 0. The zero-order valence-corrected chi connectivity index (χ0v) is 8.64. The van der Waals surface area contributed by atoms with Crippen molar-refractivity contribution in [3.8, 4) is 0 Å². The molecular weight excluding hydrogens is 168 g/mol. The summed E-state index contributed by atoms with van der Waals surface area (Å²) in [4.78, 5) is 0.119. The van der Waals surface area contributed by atoms with E-state index < -0.39 is 0 Å². The van der Waals surface area contributed by atoms with Crippen LogP contribution in [-0.4, -0.2) is 4.87 Å². The third kappa shape index (κ3) is 1.31. The Balaban J connectivity index is 2.08. The van der Waals surface area contributed by atoms with Gasteiger partial charge in [0.25, 0.3) is 0 Å². The molecule has 0 spiro atoms. The fraction of sp³-hybridized carbons (Fsp3) is 0.818. The lowest BCUT2D eigenvalue weighted by Gasteiger charge is -2.30. The summed E-state index contributed by atoms with van der Waals surface area (Å²) in [7, 11) is 0. The van der Waals surface area contributed by atoms with Crippen LogP contribution in [0, 0.1) is 17.8 Å². The summed E-state index contributed by atoms with van der Waals surface area (Å²) in [6.07, 6.45) is 8.40. The van der Waals surface area contributed by atoms with Gasteiger partial charge in [-0.2, -0.15) is 0 Å². The van der Waals surface area contributed by atoms with Crippen molar-refractivity contribution in [1.82, 2.24) is 0 Å². The Morgan fingerprint density at radius 2 is 2.25 bits per heavy atom. The Hall–Kier alpha value is 0.0300. The molecule has 1 fully saturated rings. The molecule has 0 saturated heterocycles. The van der Waals surface area contributed by atoms with Gasteiger partial charge in [0.2, 0.25) is 0 Å². The van der Waals surface area contributed by atoms with Gasteiger partial charge in [0.1, 0.15) is 0 Å². The molecular formula is C11H17Cl. The lowest BCUT2D eigenvalue weighted by atomic mass is 9.85. The van der Waals surface area contributed by atoms with E-state index >= 15 is 0 Å². The number of hydrogen-bond donors (Lipinski definition) is 0. The van der Waals surface area contributed by atoms with Crippen molar-refractivity contribution in [2.24, 2.45) is 17.8 Å². The molecule has 2 aliphatic rings. The van der Waals surface area contributed by atoms with Crippen LogP contribution in [0.5, 0.6) is 0 Å². The second kappa shape index (κ2) is 2.77. The van der Waals surface area contributed by atoms with Crippen molar-refractivity contribution in [3.05, 3.63) is 12.2 Å². The SMILES string of the molecule is CC(C)CC1(Cl)CC2C=CC1C2. The lowest BCUT2D eigenvalue weighted by Crippen LogP contribution is -2.28. The highest BCUT2D eigenvalue weighted by atomic mass is 35.5. The van der Waals surface area contributed by atoms with Gasteiger partial charge in [-0.25, -0.2) is 0 Å². The number of halogens is 1. The summed E-state index contributed by atoms with van der Waals surface area (Å²) >= 11 is 6.61. The second-order valence-electron chi connectivity index (χ2n) is 4.82. The molecule has 0 aliphatic heterocycles. The molecule has 0 aromatic heterocycles. The maximum absolute atomic E-state index is 6.61. The van der Waals surface area contributed by atoms with E-state index in [0.717, 1.165) is 11.8 Å². The molecule has 0 aromatic rings. The first kappa shape index (κ1) is 8.62. The van der Waals surface area contributed by atoms with Crippen LogP contribution in [-0.2, 0) is 0 Å². The van der Waals surface area contributed by atoms with Gasteiger partial charge in [-0.05, 0) is 37.0 Å². The number of fused-ring (bicyclic) bond motifs is 2. The predicted octanol–water partition coefficient (Wildman–Crippen LogP) is 3.61. The molecule has 3 unspecified atom stereocenters. The highest BCUT2D eigenvalue weighted by Gasteiger charge is 2.46. The van der Waals surface area contributed by atoms with E-state index in [4.69, 9.17) is 11.6 Å². The van der Waals surface area contributed by atoms with Crippen LogP contribution in [0.25, 0.3) is 0 Å². The first-order valence-corrected chi connectivity index (χ1v) is 5.35. The van der Waals surface area contributed by atoms with Crippen LogP contribution in [0.3, 0.4) is 0 Å². The van der Waals surface area contributed by atoms with E-state index in [0.29, 0.717) is 5.92 Å². The van der Waals surface area contributed by atoms with Crippen LogP contribution >= 0.6 is 11.6 Å². The minimum atomic E-state index is 0.119. The Morgan fingerprint density at radius 1 is 1.50 bits per heavy atom. The molecule has 0 nitrogen and oxygen atoms in total. The first-order valence-electron chi connectivity index (χ1n) is 4.97. The molecule has 1 saturated carbocycles. The van der Waals surface area contributed by atoms with Gasteiger partial charge < -0.3 is 0 Å². The molecule has 0 N–H and O–H groups in total. The minimum absolute atomic E-state index is 0.119. The van der Waals surface area contributed by atoms with Gasteiger partial charge in [-0.3, -0.25) is 0 Å². The molecule has 3 atom stereocenters. The molecule has 2 rings (SSSR count). The van der Waals surface area contributed by atoms with Crippen molar-refractivity contribution < 1.29 is 0 Å². The third-order valence-corrected chi connectivity index (χ3v) is 3.77. The van der Waals surface area contributed by atoms with Crippen molar-refractivity contribution in [2.45, 2.75) is 38.0 Å². The van der Waals surface area contributed by atoms with Crippen molar-refractivity contribution >= 4 is 11.6 Å². The Bertz CT molecular complexity index is 207. The van der Waals surface area contributed by atoms with Crippen molar-refractivity contribution in [1.29, 1.82) is 0 Å². The quantitative estimate of drug-likeness (QED) is 0.455. The fourth-order valence-electron chi connectivity index (χ4n) is 2.81. The Morgan fingerprint density at radius 3 is 2.67 bits per heavy atom. The molecule has 0 heterocycles. The highest BCUT2D eigenvalue weighted by molar-refractivity contribution is 6.24. The second-order valence-corrected chi connectivity index (χ2v) is 5.58. The minimum Gasteiger partial charge on any atom is -0.119 e. The monoisotopic (exact) mass is 184 g/mol. The summed E-state index contributed by atoms with van der Waals surface area (Å²) in [5, 5.41) is 0. The zero-order valence-electron chi connectivity index (χ0n) is 7.89. The van der Waals surface area contributed by atoms with Crippen LogP contribution < -0.4 is 0 Å². The smallest absolute Gasteiger partial charge is 0.0517 e. The first-order chi connectivity index (χ1) is 5.60. The zero-order chi connectivity index (χ0) is 8.77. The van der Waals surface area contributed by atoms with Crippen molar-refractivity contribution in [3.63, 3.8) is 0 Å². The fourth-order valence-corrected chi connectivity index (χ4v) is 3.48. The lowest BCUT2D eigenvalue weighted by molar-refractivity contribution is 0.393. The molecule has 68 valence electrons. The van der Waals surface area contributed by atoms with Crippen molar-refractivity contribution in [2.75, 3.05) is 0 Å². The molecule has 2 bridgehead atoms. The topological polar surface area (TPSA) is 0 Å². The highest BCUT2D eigenvalue weighted by Crippen LogP contribution is 2.52. The predicted molar refractivity (Wildman–Crippen MR) is 53.4 cm³/mol. The summed E-state index contributed by atoms with van der Waals surface area (Å²) in [5.74, 6) is 2.20. The van der Waals surface area contributed by atoms with E-state index in [1.54, 1.807) is 0 Å². The summed E-state index contributed by atoms with van der Waals surface area (Å²) < 4.78 is 0. The summed E-state index contributed by atoms with van der Waals surface area (Å²) in [5.41, 5.74) is 0. The van der Waals surface area contributed by atoms with Crippen LogP contribution in [0.15, 0.2) is 12.2 Å². The average molecular weight is 185 g/mol. The van der Waals surface area contributed by atoms with Gasteiger partial charge >= 0.3 is 0 Å². The molecule has 2 aliphatic carbocycles. The van der Waals surface area contributed by atoms with Crippen LogP contribution in [0.4, 0.5) is 0 Å². The van der Waals surface area contributed by atoms with E-state index in [1.165, 1.54) is 19.3 Å².